The van der Waals surface area contributed by atoms with Gasteiger partial charge in [-0.1, -0.05) is 89.5 Å². The Kier molecular flexibility index (Phi) is 21.0. The number of carbonyl (C=O) groups excluding carboxylic acids is 2. The van der Waals surface area contributed by atoms with Crippen LogP contribution >= 0.6 is 0 Å². The number of allylic oxidation sites excluding steroid dienone is 2. The molecule has 0 rings (SSSR count). The quantitative estimate of drug-likeness (QED) is 0.0959. The van der Waals surface area contributed by atoms with Gasteiger partial charge in [-0.25, -0.2) is 9.59 Å². The van der Waals surface area contributed by atoms with Crippen molar-refractivity contribution in [2.24, 2.45) is 0 Å². The normalized spacial score (nSPS) is 11.2. The molecule has 0 amide bonds. The molecule has 0 spiro atoms. The van der Waals surface area contributed by atoms with Crippen LogP contribution in [-0.4, -0.2) is 25.2 Å². The second-order valence-corrected chi connectivity index (χ2v) is 7.36. The van der Waals surface area contributed by atoms with Crippen LogP contribution in [0, 0.1) is 0 Å². The van der Waals surface area contributed by atoms with Crippen LogP contribution in [0.1, 0.15) is 96.8 Å². The van der Waals surface area contributed by atoms with Crippen LogP contribution in [0.4, 0.5) is 0 Å². The number of rotatable bonds is 20. The van der Waals surface area contributed by atoms with Crippen molar-refractivity contribution in [3.8, 4) is 0 Å². The van der Waals surface area contributed by atoms with Gasteiger partial charge in [-0.3, -0.25) is 0 Å². The van der Waals surface area contributed by atoms with E-state index in [2.05, 4.69) is 25.7 Å². The minimum Gasteiger partial charge on any atom is -0.463 e. The van der Waals surface area contributed by atoms with E-state index in [0.29, 0.717) is 6.61 Å². The fraction of sp³-hybridized carbons (Fsp3) is 0.680. The smallest absolute Gasteiger partial charge is 0.331 e. The molecule has 29 heavy (non-hydrogen) atoms. The molecule has 0 saturated heterocycles. The summed E-state index contributed by atoms with van der Waals surface area (Å²) in [7, 11) is 0. The third-order valence-electron chi connectivity index (χ3n) is 4.60. The number of unbranched alkanes of at least 4 members (excludes halogenated alkanes) is 12. The van der Waals surface area contributed by atoms with E-state index in [1.54, 1.807) is 0 Å². The van der Waals surface area contributed by atoms with Crippen molar-refractivity contribution < 1.29 is 19.1 Å². The van der Waals surface area contributed by atoms with Gasteiger partial charge < -0.3 is 9.47 Å². The first kappa shape index (κ1) is 27.2. The third-order valence-corrected chi connectivity index (χ3v) is 4.60. The van der Waals surface area contributed by atoms with Crippen LogP contribution in [0.15, 0.2) is 37.0 Å². The van der Waals surface area contributed by atoms with E-state index in [0.717, 1.165) is 25.0 Å². The Balaban J connectivity index is 3.33. The Hall–Kier alpha value is -1.84. The van der Waals surface area contributed by atoms with E-state index < -0.39 is 11.9 Å². The van der Waals surface area contributed by atoms with Gasteiger partial charge in [0.2, 0.25) is 0 Å². The second kappa shape index (κ2) is 22.4. The lowest BCUT2D eigenvalue weighted by atomic mass is 10.1. The maximum atomic E-state index is 11.4. The van der Waals surface area contributed by atoms with E-state index >= 15 is 0 Å². The summed E-state index contributed by atoms with van der Waals surface area (Å²) in [5.41, 5.74) is 0. The average molecular weight is 407 g/mol. The zero-order chi connectivity index (χ0) is 21.4. The molecule has 0 aromatic rings. The molecule has 0 radical (unpaired) electrons. The Labute approximate surface area is 178 Å². The number of hydrogen-bond acceptors (Lipinski definition) is 4. The fourth-order valence-electron chi connectivity index (χ4n) is 2.90. The Morgan fingerprint density at radius 2 is 1.17 bits per heavy atom. The predicted molar refractivity (Wildman–Crippen MR) is 121 cm³/mol. The molecule has 0 heterocycles. The molecule has 0 bridgehead atoms. The van der Waals surface area contributed by atoms with Crippen molar-refractivity contribution in [2.75, 3.05) is 13.2 Å². The van der Waals surface area contributed by atoms with E-state index in [9.17, 15) is 9.59 Å². The summed E-state index contributed by atoms with van der Waals surface area (Å²) in [6.45, 7) is 6.23. The molecule has 0 aliphatic rings. The van der Waals surface area contributed by atoms with E-state index in [1.165, 1.54) is 83.1 Å². The topological polar surface area (TPSA) is 52.6 Å². The van der Waals surface area contributed by atoms with Crippen LogP contribution in [0.25, 0.3) is 0 Å². The molecule has 0 aromatic carbocycles. The Morgan fingerprint density at radius 3 is 1.72 bits per heavy atom. The second-order valence-electron chi connectivity index (χ2n) is 7.36. The summed E-state index contributed by atoms with van der Waals surface area (Å²) in [6, 6.07) is 0. The van der Waals surface area contributed by atoms with Crippen LogP contribution in [0.2, 0.25) is 0 Å². The summed E-state index contributed by atoms with van der Waals surface area (Å²) in [5, 5.41) is 0. The summed E-state index contributed by atoms with van der Waals surface area (Å²) < 4.78 is 9.78. The Bertz CT molecular complexity index is 465. The molecule has 0 N–H and O–H groups in total. The van der Waals surface area contributed by atoms with Crippen molar-refractivity contribution in [1.82, 2.24) is 0 Å². The summed E-state index contributed by atoms with van der Waals surface area (Å²) in [6.07, 6.45) is 25.8. The molecule has 0 saturated carbocycles. The number of carbonyl (C=O) groups is 2. The van der Waals surface area contributed by atoms with Crippen LogP contribution in [0.3, 0.4) is 0 Å². The lowest BCUT2D eigenvalue weighted by Gasteiger charge is -2.02. The lowest BCUT2D eigenvalue weighted by molar-refractivity contribution is -0.140. The van der Waals surface area contributed by atoms with Gasteiger partial charge in [-0.05, 0) is 32.1 Å². The van der Waals surface area contributed by atoms with E-state index in [-0.39, 0.29) is 6.61 Å². The maximum absolute atomic E-state index is 11.4. The highest BCUT2D eigenvalue weighted by atomic mass is 16.5. The van der Waals surface area contributed by atoms with Crippen molar-refractivity contribution >= 4 is 11.9 Å². The molecular weight excluding hydrogens is 364 g/mol. The SMILES string of the molecule is C=CCOC(=O)C=CC(=O)OCCCCCCCCC=CCCCCCCCC. The number of ether oxygens (including phenoxy) is 2. The highest BCUT2D eigenvalue weighted by molar-refractivity contribution is 5.91. The number of hydrogen-bond donors (Lipinski definition) is 0. The van der Waals surface area contributed by atoms with Crippen molar-refractivity contribution in [3.05, 3.63) is 37.0 Å². The van der Waals surface area contributed by atoms with Gasteiger partial charge in [0.1, 0.15) is 6.61 Å². The van der Waals surface area contributed by atoms with Crippen molar-refractivity contribution in [2.45, 2.75) is 96.8 Å². The first-order chi connectivity index (χ1) is 14.2. The molecule has 0 unspecified atom stereocenters. The Morgan fingerprint density at radius 1 is 0.690 bits per heavy atom. The van der Waals surface area contributed by atoms with E-state index in [4.69, 9.17) is 9.47 Å². The molecule has 4 heteroatoms. The summed E-state index contributed by atoms with van der Waals surface area (Å²) in [5.74, 6) is -1.08. The van der Waals surface area contributed by atoms with E-state index in [1.807, 2.05) is 0 Å². The fourth-order valence-corrected chi connectivity index (χ4v) is 2.90. The van der Waals surface area contributed by atoms with Crippen molar-refractivity contribution in [3.63, 3.8) is 0 Å². The molecular formula is C25H42O4. The highest BCUT2D eigenvalue weighted by Crippen LogP contribution is 2.10. The molecule has 4 nitrogen and oxygen atoms in total. The van der Waals surface area contributed by atoms with Gasteiger partial charge in [0.25, 0.3) is 0 Å². The highest BCUT2D eigenvalue weighted by Gasteiger charge is 2.00. The van der Waals surface area contributed by atoms with Gasteiger partial charge in [-0.2, -0.15) is 0 Å². The maximum Gasteiger partial charge on any atom is 0.331 e. The zero-order valence-electron chi connectivity index (χ0n) is 18.5. The first-order valence-corrected chi connectivity index (χ1v) is 11.5. The number of esters is 2. The van der Waals surface area contributed by atoms with Crippen LogP contribution < -0.4 is 0 Å². The van der Waals surface area contributed by atoms with Crippen LogP contribution in [-0.2, 0) is 19.1 Å². The zero-order valence-corrected chi connectivity index (χ0v) is 18.5. The van der Waals surface area contributed by atoms with Gasteiger partial charge in [0, 0.05) is 12.2 Å². The molecule has 0 aromatic heterocycles. The molecule has 0 aliphatic heterocycles. The standard InChI is InChI=1S/C25H42O4/c1-3-5-6-7-8-9-10-11-12-13-14-15-16-17-18-19-23-29-25(27)21-20-24(26)28-22-4-2/h4,11-12,20-21H,2-3,5-10,13-19,22-23H2,1H3. The molecule has 166 valence electrons. The lowest BCUT2D eigenvalue weighted by Crippen LogP contribution is -2.05. The minimum absolute atomic E-state index is 0.133. The van der Waals surface area contributed by atoms with Gasteiger partial charge >= 0.3 is 11.9 Å². The van der Waals surface area contributed by atoms with Crippen molar-refractivity contribution in [1.29, 1.82) is 0 Å². The van der Waals surface area contributed by atoms with Crippen LogP contribution in [0.5, 0.6) is 0 Å². The minimum atomic E-state index is -0.570. The average Bonchev–Trinajstić information content (AvgIpc) is 2.72. The van der Waals surface area contributed by atoms with Gasteiger partial charge in [0.05, 0.1) is 6.61 Å². The molecule has 0 atom stereocenters. The predicted octanol–water partition coefficient (Wildman–Crippen LogP) is 6.85. The van der Waals surface area contributed by atoms with Gasteiger partial charge in [-0.15, -0.1) is 0 Å². The molecule has 0 aliphatic carbocycles. The largest absolute Gasteiger partial charge is 0.463 e. The summed E-state index contributed by atoms with van der Waals surface area (Å²) in [4.78, 5) is 22.6. The monoisotopic (exact) mass is 406 g/mol. The molecule has 0 fully saturated rings. The summed E-state index contributed by atoms with van der Waals surface area (Å²) >= 11 is 0. The first-order valence-electron chi connectivity index (χ1n) is 11.5. The third kappa shape index (κ3) is 22.3. The van der Waals surface area contributed by atoms with Gasteiger partial charge in [0.15, 0.2) is 0 Å².